The van der Waals surface area contributed by atoms with Gasteiger partial charge in [0, 0.05) is 26.6 Å². The summed E-state index contributed by atoms with van der Waals surface area (Å²) in [5.74, 6) is -1.98. The number of carbonyl (C=O) groups is 5. The molecule has 2 aromatic heterocycles. The van der Waals surface area contributed by atoms with Gasteiger partial charge >= 0.3 is 6.09 Å². The Hall–Kier alpha value is -6.70. The second kappa shape index (κ2) is 14.4. The van der Waals surface area contributed by atoms with E-state index in [2.05, 4.69) is 32.4 Å². The molecule has 5 aromatic rings. The summed E-state index contributed by atoms with van der Waals surface area (Å²) in [5, 5.41) is 2.54. The van der Waals surface area contributed by atoms with E-state index in [1.807, 2.05) is 42.5 Å². The third kappa shape index (κ3) is 6.57. The fourth-order valence-corrected chi connectivity index (χ4v) is 7.71. The number of imide groups is 1. The summed E-state index contributed by atoms with van der Waals surface area (Å²) in [6.45, 7) is 1.46. The van der Waals surface area contributed by atoms with Crippen molar-refractivity contribution in [2.75, 3.05) is 23.3 Å². The van der Waals surface area contributed by atoms with Crippen molar-refractivity contribution < 1.29 is 28.7 Å². The maximum absolute atomic E-state index is 14.1. The number of carbonyl (C=O) groups excluding carboxylic acids is 5. The number of amides is 5. The van der Waals surface area contributed by atoms with Gasteiger partial charge in [-0.15, -0.1) is 0 Å². The molecule has 1 N–H and O–H groups in total. The molecule has 4 atom stereocenters. The lowest BCUT2D eigenvalue weighted by Crippen LogP contribution is -2.42. The lowest BCUT2D eigenvalue weighted by molar-refractivity contribution is -0.142. The first-order valence-electron chi connectivity index (χ1n) is 17.7. The van der Waals surface area contributed by atoms with E-state index in [0.717, 1.165) is 12.0 Å². The van der Waals surface area contributed by atoms with Gasteiger partial charge in [0.15, 0.2) is 11.2 Å². The molecule has 8 rings (SSSR count). The number of aromatic nitrogens is 4. The molecule has 14 nitrogen and oxygen atoms in total. The van der Waals surface area contributed by atoms with Crippen molar-refractivity contribution in [3.63, 3.8) is 0 Å². The first kappa shape index (κ1) is 34.4. The minimum absolute atomic E-state index is 0.0711. The van der Waals surface area contributed by atoms with Gasteiger partial charge in [0.1, 0.15) is 6.54 Å². The number of hydrogen-bond donors (Lipinski definition) is 1. The molecule has 3 aromatic carbocycles. The molecule has 0 radical (unpaired) electrons. The van der Waals surface area contributed by atoms with Crippen LogP contribution in [0, 0.1) is 23.7 Å². The normalized spacial score (nSPS) is 19.6. The minimum atomic E-state index is -0.792. The first-order valence-corrected chi connectivity index (χ1v) is 17.7. The number of anilines is 3. The van der Waals surface area contributed by atoms with Gasteiger partial charge in [-0.25, -0.2) is 14.7 Å². The Balaban J connectivity index is 1.07. The molecule has 272 valence electrons. The second-order valence-electron chi connectivity index (χ2n) is 13.6. The van der Waals surface area contributed by atoms with Gasteiger partial charge in [0.05, 0.1) is 29.5 Å². The lowest BCUT2D eigenvalue weighted by Gasteiger charge is -2.26. The summed E-state index contributed by atoms with van der Waals surface area (Å²) >= 11 is 0. The number of benzene rings is 3. The second-order valence-corrected chi connectivity index (χ2v) is 13.6. The van der Waals surface area contributed by atoms with Crippen molar-refractivity contribution in [3.8, 4) is 5.88 Å². The highest BCUT2D eigenvalue weighted by Gasteiger charge is 2.59. The Labute approximate surface area is 310 Å². The van der Waals surface area contributed by atoms with Gasteiger partial charge in [-0.05, 0) is 48.1 Å². The van der Waals surface area contributed by atoms with Gasteiger partial charge in [-0.1, -0.05) is 78.9 Å². The van der Waals surface area contributed by atoms with E-state index >= 15 is 0 Å². The molecule has 1 saturated heterocycles. The lowest BCUT2D eigenvalue weighted by atomic mass is 9.85. The van der Waals surface area contributed by atoms with Crippen LogP contribution in [-0.2, 0) is 32.3 Å². The number of hydrogen-bond acceptors (Lipinski definition) is 9. The summed E-state index contributed by atoms with van der Waals surface area (Å²) < 4.78 is 7.35. The number of rotatable bonds is 11. The minimum Gasteiger partial charge on any atom is -0.388 e. The molecular formula is C40H36N8O6. The summed E-state index contributed by atoms with van der Waals surface area (Å²) in [6.07, 6.45) is 5.54. The highest BCUT2D eigenvalue weighted by molar-refractivity contribution is 6.06. The Bertz CT molecular complexity index is 2210. The number of ether oxygens (including phenoxy) is 1. The first-order chi connectivity index (χ1) is 26.2. The van der Waals surface area contributed by atoms with E-state index in [-0.39, 0.29) is 90.6 Å². The average molecular weight is 725 g/mol. The summed E-state index contributed by atoms with van der Waals surface area (Å²) in [7, 11) is 0. The largest absolute Gasteiger partial charge is 0.425 e. The van der Waals surface area contributed by atoms with Crippen LogP contribution in [0.3, 0.4) is 0 Å². The third-order valence-electron chi connectivity index (χ3n) is 10.1. The van der Waals surface area contributed by atoms with Crippen LogP contribution < -0.4 is 15.0 Å². The van der Waals surface area contributed by atoms with Crippen LogP contribution in [-0.4, -0.2) is 72.1 Å². The van der Waals surface area contributed by atoms with Crippen LogP contribution in [0.25, 0.3) is 11.2 Å². The number of nitrogens with one attached hydrogen (secondary N) is 1. The van der Waals surface area contributed by atoms with Crippen LogP contribution in [0.1, 0.15) is 18.9 Å². The zero-order valence-electron chi connectivity index (χ0n) is 29.3. The zero-order chi connectivity index (χ0) is 37.3. The van der Waals surface area contributed by atoms with Gasteiger partial charge < -0.3 is 14.2 Å². The Morgan fingerprint density at radius 3 is 2.02 bits per heavy atom. The predicted octanol–water partition coefficient (Wildman–Crippen LogP) is 4.96. The number of imidazole rings is 1. The van der Waals surface area contributed by atoms with E-state index in [1.54, 1.807) is 53.4 Å². The van der Waals surface area contributed by atoms with E-state index < -0.39 is 12.0 Å². The molecule has 5 amide bonds. The molecule has 1 aliphatic heterocycles. The smallest absolute Gasteiger partial charge is 0.388 e. The quantitative estimate of drug-likeness (QED) is 0.147. The molecule has 1 saturated carbocycles. The average Bonchev–Trinajstić information content (AvgIpc) is 3.95. The van der Waals surface area contributed by atoms with Crippen molar-refractivity contribution in [2.45, 2.75) is 26.4 Å². The molecule has 14 heteroatoms. The number of nitrogens with zero attached hydrogens (tertiary/aromatic N) is 7. The maximum Gasteiger partial charge on any atom is 0.425 e. The predicted molar refractivity (Wildman–Crippen MR) is 197 cm³/mol. The SMILES string of the molecule is CC(=O)Nc1nc(OC(=O)N(c2ccccc2)c2ccccc2)c2ncn(CC(=O)N(CCN3C(=O)[C@@H]4[C@H](C3=O)[C@H]3C=C[C@@H]4C3)Cc3ccccc3)c2n1. The van der Waals surface area contributed by atoms with E-state index in [0.29, 0.717) is 11.4 Å². The molecule has 0 unspecified atom stereocenters. The number of fused-ring (bicyclic) bond motifs is 6. The molecule has 2 fully saturated rings. The topological polar surface area (TPSA) is 160 Å². The van der Waals surface area contributed by atoms with E-state index in [4.69, 9.17) is 4.74 Å². The standard InChI is InChI=1S/C40H36N8O6/c1-25(49)42-39-43-35-34(36(44-39)54-40(53)48(29-13-7-3-8-14-29)30-15-9-4-10-16-30)41-24-46(35)23-31(50)45(22-26-11-5-2-6-12-26)19-20-47-37(51)32-27-17-18-28(21-27)33(32)38(47)52/h2-18,24,27-28,32-33H,19-23H2,1H3,(H,42,43,44,49)/t27-,28+,32+,33-. The zero-order valence-corrected chi connectivity index (χ0v) is 29.3. The Morgan fingerprint density at radius 1 is 0.833 bits per heavy atom. The Kier molecular flexibility index (Phi) is 9.15. The van der Waals surface area contributed by atoms with Crippen molar-refractivity contribution in [2.24, 2.45) is 23.7 Å². The van der Waals surface area contributed by atoms with Gasteiger partial charge in [-0.3, -0.25) is 29.4 Å². The van der Waals surface area contributed by atoms with Crippen molar-refractivity contribution in [1.82, 2.24) is 29.3 Å². The van der Waals surface area contributed by atoms with Crippen LogP contribution in [0.5, 0.6) is 5.88 Å². The van der Waals surface area contributed by atoms with Crippen LogP contribution in [0.2, 0.25) is 0 Å². The molecule has 3 aliphatic rings. The number of likely N-dealkylation sites (tertiary alicyclic amines) is 1. The highest BCUT2D eigenvalue weighted by Crippen LogP contribution is 2.52. The van der Waals surface area contributed by atoms with E-state index in [1.165, 1.54) is 27.6 Å². The fourth-order valence-electron chi connectivity index (χ4n) is 7.71. The van der Waals surface area contributed by atoms with E-state index in [9.17, 15) is 24.0 Å². The van der Waals surface area contributed by atoms with Crippen LogP contribution in [0.4, 0.5) is 22.1 Å². The van der Waals surface area contributed by atoms with Gasteiger partial charge in [0.25, 0.3) is 5.88 Å². The third-order valence-corrected chi connectivity index (χ3v) is 10.1. The molecular weight excluding hydrogens is 688 g/mol. The molecule has 54 heavy (non-hydrogen) atoms. The number of para-hydroxylation sites is 2. The molecule has 0 spiro atoms. The Morgan fingerprint density at radius 2 is 1.43 bits per heavy atom. The highest BCUT2D eigenvalue weighted by atomic mass is 16.6. The molecule has 2 bridgehead atoms. The number of allylic oxidation sites excluding steroid dienone is 2. The molecule has 3 heterocycles. The summed E-state index contributed by atoms with van der Waals surface area (Å²) in [5.41, 5.74) is 2.17. The summed E-state index contributed by atoms with van der Waals surface area (Å²) in [6, 6.07) is 27.3. The van der Waals surface area contributed by atoms with Crippen molar-refractivity contribution >= 4 is 58.2 Å². The van der Waals surface area contributed by atoms with Gasteiger partial charge in [0.2, 0.25) is 29.6 Å². The van der Waals surface area contributed by atoms with Crippen molar-refractivity contribution in [1.29, 1.82) is 0 Å². The van der Waals surface area contributed by atoms with Gasteiger partial charge in [-0.2, -0.15) is 9.97 Å². The fraction of sp³-hybridized carbons (Fsp3) is 0.250. The summed E-state index contributed by atoms with van der Waals surface area (Å²) in [4.78, 5) is 84.4. The van der Waals surface area contributed by atoms with Crippen LogP contribution >= 0.6 is 0 Å². The maximum atomic E-state index is 14.1. The van der Waals surface area contributed by atoms with Crippen LogP contribution in [0.15, 0.2) is 109 Å². The monoisotopic (exact) mass is 724 g/mol. The molecule has 2 aliphatic carbocycles. The van der Waals surface area contributed by atoms with Crippen molar-refractivity contribution in [3.05, 3.63) is 115 Å².